The van der Waals surface area contributed by atoms with E-state index >= 15 is 0 Å². The van der Waals surface area contributed by atoms with E-state index < -0.39 is 29.6 Å². The lowest BCUT2D eigenvalue weighted by molar-refractivity contribution is -0.160. The van der Waals surface area contributed by atoms with Crippen molar-refractivity contribution in [2.75, 3.05) is 12.4 Å². The predicted octanol–water partition coefficient (Wildman–Crippen LogP) is 3.94. The summed E-state index contributed by atoms with van der Waals surface area (Å²) < 4.78 is 36.5. The van der Waals surface area contributed by atoms with Crippen LogP contribution in [0.4, 0.5) is 13.9 Å². The zero-order chi connectivity index (χ0) is 22.5. The van der Waals surface area contributed by atoms with Crippen molar-refractivity contribution in [1.82, 2.24) is 4.98 Å². The fraction of sp³-hybridized carbons (Fsp3) is 0.429. The second-order valence-electron chi connectivity index (χ2n) is 7.31. The topological polar surface area (TPSA) is 94.6 Å². The molecule has 1 fully saturated rings. The van der Waals surface area contributed by atoms with Gasteiger partial charge in [0, 0.05) is 10.9 Å². The first-order valence-corrected chi connectivity index (χ1v) is 10.7. The standard InChI is InChI=1S/C21H22F2N2O5S/c1-11(30-20(28)13-5-3-12(4-6-13)19(27)29-2)18(26)25-21-24-17(10-31-21)14-7-8-15(22)16(23)9-14/h7-13H,3-6H2,1-2H3,(H,24,25,26). The van der Waals surface area contributed by atoms with Gasteiger partial charge in [0.1, 0.15) is 0 Å². The molecule has 1 atom stereocenters. The second-order valence-corrected chi connectivity index (χ2v) is 8.16. The largest absolute Gasteiger partial charge is 0.469 e. The van der Waals surface area contributed by atoms with Crippen LogP contribution in [0, 0.1) is 23.5 Å². The van der Waals surface area contributed by atoms with Crippen molar-refractivity contribution in [1.29, 1.82) is 0 Å². The highest BCUT2D eigenvalue weighted by atomic mass is 32.1. The van der Waals surface area contributed by atoms with E-state index in [1.54, 1.807) is 5.38 Å². The van der Waals surface area contributed by atoms with Gasteiger partial charge in [-0.2, -0.15) is 0 Å². The fourth-order valence-corrected chi connectivity index (χ4v) is 4.10. The number of benzene rings is 1. The molecule has 1 aromatic heterocycles. The Kier molecular flexibility index (Phi) is 7.32. The Morgan fingerprint density at radius 3 is 2.35 bits per heavy atom. The van der Waals surface area contributed by atoms with Gasteiger partial charge >= 0.3 is 11.9 Å². The minimum atomic E-state index is -1.04. The molecule has 2 aromatic rings. The van der Waals surface area contributed by atoms with Gasteiger partial charge in [0.05, 0.1) is 24.6 Å². The minimum Gasteiger partial charge on any atom is -0.469 e. The third-order valence-corrected chi connectivity index (χ3v) is 5.96. The fourth-order valence-electron chi connectivity index (χ4n) is 3.38. The summed E-state index contributed by atoms with van der Waals surface area (Å²) in [5.74, 6) is -3.82. The maximum Gasteiger partial charge on any atom is 0.309 e. The average Bonchev–Trinajstić information content (AvgIpc) is 3.23. The van der Waals surface area contributed by atoms with Crippen molar-refractivity contribution < 1.29 is 32.6 Å². The van der Waals surface area contributed by atoms with Crippen LogP contribution >= 0.6 is 11.3 Å². The van der Waals surface area contributed by atoms with Gasteiger partial charge in [-0.1, -0.05) is 0 Å². The summed E-state index contributed by atoms with van der Waals surface area (Å²) in [6.07, 6.45) is 1.03. The molecule has 1 N–H and O–H groups in total. The summed E-state index contributed by atoms with van der Waals surface area (Å²) in [5, 5.41) is 4.40. The van der Waals surface area contributed by atoms with Crippen molar-refractivity contribution in [3.63, 3.8) is 0 Å². The van der Waals surface area contributed by atoms with E-state index in [1.807, 2.05) is 0 Å². The van der Waals surface area contributed by atoms with Gasteiger partial charge in [-0.15, -0.1) is 11.3 Å². The monoisotopic (exact) mass is 452 g/mol. The molecule has 0 saturated heterocycles. The summed E-state index contributed by atoms with van der Waals surface area (Å²) in [6, 6.07) is 3.41. The third-order valence-electron chi connectivity index (χ3n) is 5.21. The third kappa shape index (κ3) is 5.63. The normalized spacial score (nSPS) is 19.4. The molecular formula is C21H22F2N2O5S. The predicted molar refractivity (Wildman–Crippen MR) is 109 cm³/mol. The number of rotatable bonds is 6. The Morgan fingerprint density at radius 2 is 1.74 bits per heavy atom. The molecule has 31 heavy (non-hydrogen) atoms. The molecule has 1 aromatic carbocycles. The second kappa shape index (κ2) is 9.95. The maximum absolute atomic E-state index is 13.4. The number of carbonyl (C=O) groups excluding carboxylic acids is 3. The van der Waals surface area contributed by atoms with Gasteiger partial charge in [0.25, 0.3) is 5.91 Å². The van der Waals surface area contributed by atoms with Gasteiger partial charge in [-0.05, 0) is 50.8 Å². The van der Waals surface area contributed by atoms with Crippen LogP contribution in [0.25, 0.3) is 11.3 Å². The number of hydrogen-bond acceptors (Lipinski definition) is 7. The van der Waals surface area contributed by atoms with Crippen molar-refractivity contribution >= 4 is 34.3 Å². The number of ether oxygens (including phenoxy) is 2. The van der Waals surface area contributed by atoms with Crippen LogP contribution in [0.5, 0.6) is 0 Å². The molecule has 10 heteroatoms. The Labute approximate surface area is 181 Å². The number of halogens is 2. The van der Waals surface area contributed by atoms with E-state index in [0.717, 1.165) is 23.5 Å². The number of nitrogens with zero attached hydrogens (tertiary/aromatic N) is 1. The first kappa shape index (κ1) is 22.8. The molecule has 0 aliphatic heterocycles. The maximum atomic E-state index is 13.4. The lowest BCUT2D eigenvalue weighted by atomic mass is 9.82. The van der Waals surface area contributed by atoms with Crippen molar-refractivity contribution in [3.8, 4) is 11.3 Å². The van der Waals surface area contributed by atoms with Crippen LogP contribution in [0.2, 0.25) is 0 Å². The molecule has 1 aliphatic carbocycles. The summed E-state index contributed by atoms with van der Waals surface area (Å²) in [4.78, 5) is 40.5. The summed E-state index contributed by atoms with van der Waals surface area (Å²) in [6.45, 7) is 1.46. The van der Waals surface area contributed by atoms with Crippen LogP contribution in [-0.2, 0) is 23.9 Å². The number of carbonyl (C=O) groups is 3. The highest BCUT2D eigenvalue weighted by Gasteiger charge is 2.32. The lowest BCUT2D eigenvalue weighted by Gasteiger charge is -2.26. The Hall–Kier alpha value is -2.88. The zero-order valence-electron chi connectivity index (χ0n) is 17.0. The number of amides is 1. The summed E-state index contributed by atoms with van der Waals surface area (Å²) in [5.41, 5.74) is 0.754. The summed E-state index contributed by atoms with van der Waals surface area (Å²) >= 11 is 1.11. The average molecular weight is 452 g/mol. The van der Waals surface area contributed by atoms with Crippen LogP contribution in [0.1, 0.15) is 32.6 Å². The van der Waals surface area contributed by atoms with E-state index in [9.17, 15) is 23.2 Å². The van der Waals surface area contributed by atoms with Crippen LogP contribution in [0.3, 0.4) is 0 Å². The van der Waals surface area contributed by atoms with Crippen LogP contribution < -0.4 is 5.32 Å². The number of thiazole rings is 1. The number of hydrogen-bond donors (Lipinski definition) is 1. The highest BCUT2D eigenvalue weighted by Crippen LogP contribution is 2.31. The van der Waals surface area contributed by atoms with E-state index in [0.29, 0.717) is 36.9 Å². The molecule has 1 amide bonds. The molecule has 1 unspecified atom stereocenters. The first-order valence-electron chi connectivity index (χ1n) is 9.78. The highest BCUT2D eigenvalue weighted by molar-refractivity contribution is 7.14. The quantitative estimate of drug-likeness (QED) is 0.668. The number of methoxy groups -OCH3 is 1. The zero-order valence-corrected chi connectivity index (χ0v) is 17.8. The molecule has 1 saturated carbocycles. The van der Waals surface area contributed by atoms with Gasteiger partial charge < -0.3 is 9.47 Å². The lowest BCUT2D eigenvalue weighted by Crippen LogP contribution is -2.34. The SMILES string of the molecule is COC(=O)C1CCC(C(=O)OC(C)C(=O)Nc2nc(-c3ccc(F)c(F)c3)cs2)CC1. The first-order chi connectivity index (χ1) is 14.8. The number of nitrogens with one attached hydrogen (secondary N) is 1. The number of esters is 2. The Balaban J connectivity index is 1.52. The Bertz CT molecular complexity index is 972. The van der Waals surface area contributed by atoms with Gasteiger partial charge in [-0.3, -0.25) is 19.7 Å². The minimum absolute atomic E-state index is 0.205. The molecule has 1 heterocycles. The molecule has 7 nitrogen and oxygen atoms in total. The molecule has 0 bridgehead atoms. The molecule has 3 rings (SSSR count). The molecule has 0 spiro atoms. The van der Waals surface area contributed by atoms with Crippen molar-refractivity contribution in [3.05, 3.63) is 35.2 Å². The van der Waals surface area contributed by atoms with Gasteiger partial charge in [-0.25, -0.2) is 13.8 Å². The molecule has 1 aliphatic rings. The number of anilines is 1. The molecule has 0 radical (unpaired) electrons. The van der Waals surface area contributed by atoms with E-state index in [2.05, 4.69) is 10.3 Å². The van der Waals surface area contributed by atoms with E-state index in [-0.39, 0.29) is 22.9 Å². The van der Waals surface area contributed by atoms with Crippen LogP contribution in [-0.4, -0.2) is 36.0 Å². The molecular weight excluding hydrogens is 430 g/mol. The Morgan fingerprint density at radius 1 is 1.10 bits per heavy atom. The van der Waals surface area contributed by atoms with Gasteiger partial charge in [0.2, 0.25) is 0 Å². The van der Waals surface area contributed by atoms with Crippen molar-refractivity contribution in [2.45, 2.75) is 38.7 Å². The van der Waals surface area contributed by atoms with E-state index in [1.165, 1.54) is 20.1 Å². The van der Waals surface area contributed by atoms with Crippen molar-refractivity contribution in [2.24, 2.45) is 11.8 Å². The summed E-state index contributed by atoms with van der Waals surface area (Å²) in [7, 11) is 1.34. The van der Waals surface area contributed by atoms with E-state index in [4.69, 9.17) is 9.47 Å². The molecule has 166 valence electrons. The van der Waals surface area contributed by atoms with Crippen LogP contribution in [0.15, 0.2) is 23.6 Å². The smallest absolute Gasteiger partial charge is 0.309 e. The van der Waals surface area contributed by atoms with Gasteiger partial charge in [0.15, 0.2) is 22.9 Å². The number of aromatic nitrogens is 1.